The van der Waals surface area contributed by atoms with Gasteiger partial charge in [-0.05, 0) is 6.07 Å². The third-order valence-corrected chi connectivity index (χ3v) is 2.22. The fraction of sp³-hybridized carbons (Fsp3) is 0.200. The van der Waals surface area contributed by atoms with Crippen molar-refractivity contribution in [3.05, 3.63) is 22.8 Å². The smallest absolute Gasteiger partial charge is 0.337 e. The van der Waals surface area contributed by atoms with Gasteiger partial charge in [-0.15, -0.1) is 0 Å². The minimum absolute atomic E-state index is 0.00937. The van der Waals surface area contributed by atoms with Crippen molar-refractivity contribution >= 4 is 23.4 Å². The van der Waals surface area contributed by atoms with Gasteiger partial charge in [0.1, 0.15) is 18.9 Å². The molecule has 0 fully saturated rings. The molecule has 1 aromatic rings. The number of aromatic carboxylic acids is 1. The Labute approximate surface area is 102 Å². The summed E-state index contributed by atoms with van der Waals surface area (Å²) in [4.78, 5) is 16.1. The first kappa shape index (κ1) is 12.8. The van der Waals surface area contributed by atoms with Gasteiger partial charge in [-0.3, -0.25) is 0 Å². The lowest BCUT2D eigenvalue weighted by atomic mass is 10.2. The van der Waals surface area contributed by atoms with E-state index in [2.05, 4.69) is 4.98 Å². The molecule has 7 heteroatoms. The molecule has 1 aromatic heterocycles. The second kappa shape index (κ2) is 5.69. The van der Waals surface area contributed by atoms with Crippen molar-refractivity contribution in [2.75, 3.05) is 18.0 Å². The van der Waals surface area contributed by atoms with Gasteiger partial charge in [-0.1, -0.05) is 11.6 Å². The number of carbonyl (C=O) groups is 1. The number of anilines is 1. The van der Waals surface area contributed by atoms with Gasteiger partial charge in [0.2, 0.25) is 0 Å². The van der Waals surface area contributed by atoms with Crippen LogP contribution in [0.1, 0.15) is 10.4 Å². The Morgan fingerprint density at radius 2 is 2.06 bits per heavy atom. The van der Waals surface area contributed by atoms with Crippen molar-refractivity contribution in [1.29, 1.82) is 10.5 Å². The molecule has 0 unspecified atom stereocenters. The average molecular weight is 251 g/mol. The molecule has 0 aliphatic carbocycles. The quantitative estimate of drug-likeness (QED) is 0.808. The molecule has 0 saturated heterocycles. The number of carboxylic acid groups (broad SMARTS) is 1. The number of nitriles is 2. The Kier molecular flexibility index (Phi) is 4.27. The molecule has 17 heavy (non-hydrogen) atoms. The highest BCUT2D eigenvalue weighted by Crippen LogP contribution is 2.20. The highest BCUT2D eigenvalue weighted by atomic mass is 35.5. The van der Waals surface area contributed by atoms with Crippen LogP contribution in [-0.4, -0.2) is 29.1 Å². The van der Waals surface area contributed by atoms with Crippen molar-refractivity contribution in [1.82, 2.24) is 4.98 Å². The Balaban J connectivity index is 3.13. The first-order chi connectivity index (χ1) is 8.10. The highest BCUT2D eigenvalue weighted by molar-refractivity contribution is 6.33. The zero-order chi connectivity index (χ0) is 12.8. The summed E-state index contributed by atoms with van der Waals surface area (Å²) in [5.41, 5.74) is -0.113. The van der Waals surface area contributed by atoms with E-state index in [4.69, 9.17) is 27.2 Å². The Hall–Kier alpha value is -2.31. The molecule has 0 aliphatic heterocycles. The standard InChI is InChI=1S/C10H7ClN4O2/c11-8-6-14-9(5-7(8)10(16)17)15(3-1-12)4-2-13/h5-6H,3-4H2,(H,16,17). The lowest BCUT2D eigenvalue weighted by Crippen LogP contribution is -2.25. The number of nitrogens with zero attached hydrogens (tertiary/aromatic N) is 4. The molecule has 0 atom stereocenters. The monoisotopic (exact) mass is 250 g/mol. The maximum absolute atomic E-state index is 10.9. The topological polar surface area (TPSA) is 101 Å². The summed E-state index contributed by atoms with van der Waals surface area (Å²) >= 11 is 5.66. The van der Waals surface area contributed by atoms with E-state index in [1.165, 1.54) is 17.2 Å². The van der Waals surface area contributed by atoms with Gasteiger partial charge in [0.25, 0.3) is 0 Å². The van der Waals surface area contributed by atoms with Crippen LogP contribution in [0.4, 0.5) is 5.82 Å². The van der Waals surface area contributed by atoms with Crippen LogP contribution in [0.3, 0.4) is 0 Å². The third kappa shape index (κ3) is 3.07. The minimum Gasteiger partial charge on any atom is -0.478 e. The molecule has 0 aliphatic rings. The van der Waals surface area contributed by atoms with Crippen LogP contribution >= 0.6 is 11.6 Å². The van der Waals surface area contributed by atoms with Crippen molar-refractivity contribution in [2.45, 2.75) is 0 Å². The van der Waals surface area contributed by atoms with Crippen LogP contribution in [0.2, 0.25) is 5.02 Å². The van der Waals surface area contributed by atoms with E-state index in [9.17, 15) is 4.79 Å². The number of aromatic nitrogens is 1. The van der Waals surface area contributed by atoms with E-state index in [1.807, 2.05) is 12.1 Å². The molecule has 0 aromatic carbocycles. The molecule has 1 rings (SSSR count). The van der Waals surface area contributed by atoms with Gasteiger partial charge in [-0.2, -0.15) is 10.5 Å². The van der Waals surface area contributed by atoms with Gasteiger partial charge < -0.3 is 10.0 Å². The van der Waals surface area contributed by atoms with E-state index in [1.54, 1.807) is 0 Å². The van der Waals surface area contributed by atoms with Crippen LogP contribution < -0.4 is 4.90 Å². The molecular formula is C10H7ClN4O2. The summed E-state index contributed by atoms with van der Waals surface area (Å²) in [7, 11) is 0. The van der Waals surface area contributed by atoms with Gasteiger partial charge in [0, 0.05) is 6.20 Å². The molecule has 0 radical (unpaired) electrons. The van der Waals surface area contributed by atoms with E-state index in [0.29, 0.717) is 0 Å². The Bertz CT molecular complexity index is 502. The molecule has 86 valence electrons. The Morgan fingerprint density at radius 3 is 2.53 bits per heavy atom. The molecule has 6 nitrogen and oxygen atoms in total. The fourth-order valence-electron chi connectivity index (χ4n) is 1.15. The largest absolute Gasteiger partial charge is 0.478 e. The molecule has 0 saturated carbocycles. The van der Waals surface area contributed by atoms with E-state index in [-0.39, 0.29) is 29.5 Å². The number of hydrogen-bond donors (Lipinski definition) is 1. The molecular weight excluding hydrogens is 244 g/mol. The second-order valence-electron chi connectivity index (χ2n) is 3.00. The van der Waals surface area contributed by atoms with Crippen LogP contribution in [0.25, 0.3) is 0 Å². The zero-order valence-corrected chi connectivity index (χ0v) is 9.35. The fourth-order valence-corrected chi connectivity index (χ4v) is 1.34. The molecule has 0 amide bonds. The van der Waals surface area contributed by atoms with Gasteiger partial charge in [0.05, 0.1) is 22.7 Å². The number of halogens is 1. The van der Waals surface area contributed by atoms with Gasteiger partial charge in [-0.25, -0.2) is 9.78 Å². The van der Waals surface area contributed by atoms with Crippen molar-refractivity contribution in [2.24, 2.45) is 0 Å². The summed E-state index contributed by atoms with van der Waals surface area (Å²) in [6.45, 7) is -0.109. The third-order valence-electron chi connectivity index (χ3n) is 1.92. The molecule has 0 bridgehead atoms. The van der Waals surface area contributed by atoms with Gasteiger partial charge >= 0.3 is 5.97 Å². The lowest BCUT2D eigenvalue weighted by Gasteiger charge is -2.17. The average Bonchev–Trinajstić information content (AvgIpc) is 2.29. The minimum atomic E-state index is -1.19. The highest BCUT2D eigenvalue weighted by Gasteiger charge is 2.14. The maximum Gasteiger partial charge on any atom is 0.337 e. The first-order valence-electron chi connectivity index (χ1n) is 4.47. The van der Waals surface area contributed by atoms with Crippen LogP contribution in [0, 0.1) is 22.7 Å². The van der Waals surface area contributed by atoms with Crippen LogP contribution in [0.5, 0.6) is 0 Å². The van der Waals surface area contributed by atoms with E-state index >= 15 is 0 Å². The molecule has 1 N–H and O–H groups in total. The lowest BCUT2D eigenvalue weighted by molar-refractivity contribution is 0.0697. The SMILES string of the molecule is N#CCN(CC#N)c1cc(C(=O)O)c(Cl)cn1. The van der Waals surface area contributed by atoms with Crippen LogP contribution in [0.15, 0.2) is 12.3 Å². The number of rotatable bonds is 4. The van der Waals surface area contributed by atoms with Crippen molar-refractivity contribution < 1.29 is 9.90 Å². The summed E-state index contributed by atoms with van der Waals surface area (Å²) in [5.74, 6) is -0.956. The Morgan fingerprint density at radius 1 is 1.47 bits per heavy atom. The van der Waals surface area contributed by atoms with Gasteiger partial charge in [0.15, 0.2) is 0 Å². The predicted molar refractivity (Wildman–Crippen MR) is 59.6 cm³/mol. The maximum atomic E-state index is 10.9. The molecule has 1 heterocycles. The normalized spacial score (nSPS) is 9.12. The second-order valence-corrected chi connectivity index (χ2v) is 3.41. The summed E-state index contributed by atoms with van der Waals surface area (Å²) in [6, 6.07) is 4.97. The number of carboxylic acids is 1. The summed E-state index contributed by atoms with van der Waals surface area (Å²) < 4.78 is 0. The predicted octanol–water partition coefficient (Wildman–Crippen LogP) is 1.29. The van der Waals surface area contributed by atoms with Crippen molar-refractivity contribution in [3.8, 4) is 12.1 Å². The van der Waals surface area contributed by atoms with E-state index < -0.39 is 5.97 Å². The summed E-state index contributed by atoms with van der Waals surface area (Å²) in [5, 5.41) is 26.1. The number of pyridine rings is 1. The summed E-state index contributed by atoms with van der Waals surface area (Å²) in [6.07, 6.45) is 1.18. The van der Waals surface area contributed by atoms with Crippen molar-refractivity contribution in [3.63, 3.8) is 0 Å². The molecule has 0 spiro atoms. The zero-order valence-electron chi connectivity index (χ0n) is 8.59. The van der Waals surface area contributed by atoms with E-state index in [0.717, 1.165) is 0 Å². The van der Waals surface area contributed by atoms with Crippen LogP contribution in [-0.2, 0) is 0 Å². The number of hydrogen-bond acceptors (Lipinski definition) is 5. The first-order valence-corrected chi connectivity index (χ1v) is 4.85.